The van der Waals surface area contributed by atoms with Crippen LogP contribution in [0.5, 0.6) is 5.75 Å². The Labute approximate surface area is 94.6 Å². The van der Waals surface area contributed by atoms with Crippen molar-refractivity contribution in [1.29, 1.82) is 0 Å². The van der Waals surface area contributed by atoms with E-state index in [0.717, 1.165) is 17.7 Å². The number of amides is 1. The summed E-state index contributed by atoms with van der Waals surface area (Å²) >= 11 is 0. The Bertz CT molecular complexity index is 378. The minimum absolute atomic E-state index is 0.309. The summed E-state index contributed by atoms with van der Waals surface area (Å²) < 4.78 is 10.1. The number of carbonyl (C=O) groups excluding carboxylic acids is 1. The van der Waals surface area contributed by atoms with Crippen LogP contribution < -0.4 is 10.1 Å². The zero-order valence-electron chi connectivity index (χ0n) is 9.23. The molecule has 1 aliphatic rings. The molecule has 0 spiro atoms. The van der Waals surface area contributed by atoms with Gasteiger partial charge in [0, 0.05) is 12.5 Å². The third-order valence-corrected chi connectivity index (χ3v) is 2.76. The molecule has 1 atom stereocenters. The minimum atomic E-state index is -0.385. The first kappa shape index (κ1) is 10.8. The summed E-state index contributed by atoms with van der Waals surface area (Å²) in [6, 6.07) is 7.94. The first-order valence-corrected chi connectivity index (χ1v) is 5.35. The number of hydrogen-bond acceptors (Lipinski definition) is 3. The molecule has 1 aliphatic heterocycles. The van der Waals surface area contributed by atoms with Crippen LogP contribution in [-0.4, -0.2) is 26.4 Å². The van der Waals surface area contributed by atoms with E-state index < -0.39 is 0 Å². The van der Waals surface area contributed by atoms with Gasteiger partial charge in [0.15, 0.2) is 0 Å². The van der Waals surface area contributed by atoms with Gasteiger partial charge < -0.3 is 14.8 Å². The molecule has 0 fully saturated rings. The lowest BCUT2D eigenvalue weighted by Crippen LogP contribution is -2.30. The predicted molar refractivity (Wildman–Crippen MR) is 59.7 cm³/mol. The number of methoxy groups -OCH3 is 1. The van der Waals surface area contributed by atoms with Crippen LogP contribution in [-0.2, 0) is 4.74 Å². The Morgan fingerprint density at radius 3 is 3.19 bits per heavy atom. The number of alkyl carbamates (subject to hydrolysis) is 1. The highest BCUT2D eigenvalue weighted by Gasteiger charge is 2.21. The molecule has 0 saturated carbocycles. The Hall–Kier alpha value is -1.71. The summed E-state index contributed by atoms with van der Waals surface area (Å²) in [5.41, 5.74) is 1.16. The van der Waals surface area contributed by atoms with Crippen molar-refractivity contribution >= 4 is 6.09 Å². The van der Waals surface area contributed by atoms with Crippen LogP contribution in [0.4, 0.5) is 4.79 Å². The number of para-hydroxylation sites is 1. The number of benzene rings is 1. The van der Waals surface area contributed by atoms with Gasteiger partial charge in [0.25, 0.3) is 0 Å². The number of carbonyl (C=O) groups is 1. The van der Waals surface area contributed by atoms with E-state index in [2.05, 4.69) is 10.1 Å². The second kappa shape index (κ2) is 4.88. The number of hydrogen-bond donors (Lipinski definition) is 1. The Morgan fingerprint density at radius 1 is 1.56 bits per heavy atom. The molecule has 1 N–H and O–H groups in total. The van der Waals surface area contributed by atoms with Gasteiger partial charge in [0.1, 0.15) is 5.75 Å². The molecule has 0 bridgehead atoms. The van der Waals surface area contributed by atoms with Crippen molar-refractivity contribution in [3.8, 4) is 5.75 Å². The predicted octanol–water partition coefficient (Wildman–Crippen LogP) is 1.91. The standard InChI is InChI=1S/C12H15NO3/c1-15-12(14)13-8-9-6-7-16-11-5-3-2-4-10(9)11/h2-5,9H,6-8H2,1H3,(H,13,14). The monoisotopic (exact) mass is 221 g/mol. The summed E-state index contributed by atoms with van der Waals surface area (Å²) in [5, 5.41) is 2.73. The molecule has 1 amide bonds. The molecule has 0 radical (unpaired) electrons. The number of ether oxygens (including phenoxy) is 2. The summed E-state index contributed by atoms with van der Waals surface area (Å²) in [6.07, 6.45) is 0.532. The van der Waals surface area contributed by atoms with Crippen molar-refractivity contribution in [3.63, 3.8) is 0 Å². The van der Waals surface area contributed by atoms with Crippen LogP contribution in [0.15, 0.2) is 24.3 Å². The third-order valence-electron chi connectivity index (χ3n) is 2.76. The molecular formula is C12H15NO3. The van der Waals surface area contributed by atoms with E-state index in [1.807, 2.05) is 24.3 Å². The molecule has 2 rings (SSSR count). The van der Waals surface area contributed by atoms with Gasteiger partial charge in [-0.1, -0.05) is 18.2 Å². The first-order valence-electron chi connectivity index (χ1n) is 5.35. The van der Waals surface area contributed by atoms with Crippen LogP contribution in [0.25, 0.3) is 0 Å². The van der Waals surface area contributed by atoms with Gasteiger partial charge in [0.05, 0.1) is 13.7 Å². The van der Waals surface area contributed by atoms with E-state index in [4.69, 9.17) is 4.74 Å². The first-order chi connectivity index (χ1) is 7.81. The van der Waals surface area contributed by atoms with Gasteiger partial charge in [-0.05, 0) is 18.1 Å². The molecule has 86 valence electrons. The Balaban J connectivity index is 2.04. The van der Waals surface area contributed by atoms with Crippen molar-refractivity contribution in [1.82, 2.24) is 5.32 Å². The zero-order chi connectivity index (χ0) is 11.4. The van der Waals surface area contributed by atoms with Crippen LogP contribution >= 0.6 is 0 Å². The molecule has 4 nitrogen and oxygen atoms in total. The number of rotatable bonds is 2. The average Bonchev–Trinajstić information content (AvgIpc) is 2.35. The van der Waals surface area contributed by atoms with Crippen LogP contribution in [0, 0.1) is 0 Å². The third kappa shape index (κ3) is 2.27. The van der Waals surface area contributed by atoms with E-state index in [9.17, 15) is 4.79 Å². The summed E-state index contributed by atoms with van der Waals surface area (Å²) in [5.74, 6) is 1.23. The fraction of sp³-hybridized carbons (Fsp3) is 0.417. The molecule has 0 aliphatic carbocycles. The fourth-order valence-electron chi connectivity index (χ4n) is 1.91. The average molecular weight is 221 g/mol. The molecule has 0 aromatic heterocycles. The maximum atomic E-state index is 11.0. The SMILES string of the molecule is COC(=O)NCC1CCOc2ccccc21. The Kier molecular flexibility index (Phi) is 3.29. The van der Waals surface area contributed by atoms with Crippen molar-refractivity contribution in [2.75, 3.05) is 20.3 Å². The summed E-state index contributed by atoms with van der Waals surface area (Å²) in [6.45, 7) is 1.29. The Morgan fingerprint density at radius 2 is 2.38 bits per heavy atom. The van der Waals surface area contributed by atoms with E-state index in [1.54, 1.807) is 0 Å². The normalized spacial score (nSPS) is 18.2. The highest BCUT2D eigenvalue weighted by atomic mass is 16.5. The molecule has 1 unspecified atom stereocenters. The molecule has 4 heteroatoms. The van der Waals surface area contributed by atoms with Gasteiger partial charge >= 0.3 is 6.09 Å². The van der Waals surface area contributed by atoms with Gasteiger partial charge in [-0.2, -0.15) is 0 Å². The van der Waals surface area contributed by atoms with Crippen LogP contribution in [0.1, 0.15) is 17.9 Å². The summed E-state index contributed by atoms with van der Waals surface area (Å²) in [4.78, 5) is 11.0. The molecule has 1 aromatic carbocycles. The lowest BCUT2D eigenvalue weighted by Gasteiger charge is -2.25. The highest BCUT2D eigenvalue weighted by Crippen LogP contribution is 2.32. The van der Waals surface area contributed by atoms with Crippen molar-refractivity contribution in [2.45, 2.75) is 12.3 Å². The number of fused-ring (bicyclic) bond motifs is 1. The largest absolute Gasteiger partial charge is 0.493 e. The summed E-state index contributed by atoms with van der Waals surface area (Å²) in [7, 11) is 1.37. The van der Waals surface area contributed by atoms with Gasteiger partial charge in [-0.15, -0.1) is 0 Å². The van der Waals surface area contributed by atoms with Gasteiger partial charge in [-0.25, -0.2) is 4.79 Å². The van der Waals surface area contributed by atoms with E-state index in [1.165, 1.54) is 7.11 Å². The van der Waals surface area contributed by atoms with Gasteiger partial charge in [-0.3, -0.25) is 0 Å². The van der Waals surface area contributed by atoms with E-state index in [0.29, 0.717) is 19.1 Å². The lowest BCUT2D eigenvalue weighted by atomic mass is 9.93. The van der Waals surface area contributed by atoms with E-state index in [-0.39, 0.29) is 6.09 Å². The van der Waals surface area contributed by atoms with Crippen molar-refractivity contribution in [2.24, 2.45) is 0 Å². The minimum Gasteiger partial charge on any atom is -0.493 e. The molecule has 1 heterocycles. The molecular weight excluding hydrogens is 206 g/mol. The van der Waals surface area contributed by atoms with Gasteiger partial charge in [0.2, 0.25) is 0 Å². The van der Waals surface area contributed by atoms with Crippen LogP contribution in [0.3, 0.4) is 0 Å². The second-order valence-electron chi connectivity index (χ2n) is 3.74. The molecule has 16 heavy (non-hydrogen) atoms. The quantitative estimate of drug-likeness (QED) is 0.829. The van der Waals surface area contributed by atoms with E-state index >= 15 is 0 Å². The fourth-order valence-corrected chi connectivity index (χ4v) is 1.91. The maximum Gasteiger partial charge on any atom is 0.406 e. The maximum absolute atomic E-state index is 11.0. The smallest absolute Gasteiger partial charge is 0.406 e. The molecule has 1 aromatic rings. The van der Waals surface area contributed by atoms with Crippen LogP contribution in [0.2, 0.25) is 0 Å². The van der Waals surface area contributed by atoms with Crippen molar-refractivity contribution < 1.29 is 14.3 Å². The second-order valence-corrected chi connectivity index (χ2v) is 3.74. The zero-order valence-corrected chi connectivity index (χ0v) is 9.23. The molecule has 0 saturated heterocycles. The number of nitrogens with one attached hydrogen (secondary N) is 1. The highest BCUT2D eigenvalue weighted by molar-refractivity contribution is 5.67. The lowest BCUT2D eigenvalue weighted by molar-refractivity contribution is 0.169. The van der Waals surface area contributed by atoms with Crippen molar-refractivity contribution in [3.05, 3.63) is 29.8 Å². The topological polar surface area (TPSA) is 47.6 Å².